The van der Waals surface area contributed by atoms with E-state index in [0.717, 1.165) is 32.1 Å². The van der Waals surface area contributed by atoms with E-state index in [9.17, 15) is 9.59 Å². The van der Waals surface area contributed by atoms with Crippen LogP contribution in [0, 0.1) is 11.3 Å². The summed E-state index contributed by atoms with van der Waals surface area (Å²) in [4.78, 5) is 23.9. The molecule has 0 atom stereocenters. The van der Waals surface area contributed by atoms with Crippen LogP contribution in [0.4, 0.5) is 0 Å². The summed E-state index contributed by atoms with van der Waals surface area (Å²) >= 11 is 0. The average Bonchev–Trinajstić information content (AvgIpc) is 2.49. The van der Waals surface area contributed by atoms with Gasteiger partial charge in [-0.2, -0.15) is 5.10 Å². The van der Waals surface area contributed by atoms with Crippen LogP contribution in [0.2, 0.25) is 0 Å². The number of esters is 1. The van der Waals surface area contributed by atoms with Gasteiger partial charge < -0.3 is 4.74 Å². The second-order valence-electron chi connectivity index (χ2n) is 7.52. The van der Waals surface area contributed by atoms with Crippen LogP contribution in [0.25, 0.3) is 0 Å². The number of aromatic nitrogens is 2. The largest absolute Gasteiger partial charge is 0.458 e. The number of nitrogens with zero attached hydrogens (tertiary/aromatic N) is 2. The Morgan fingerprint density at radius 1 is 1.26 bits per heavy atom. The van der Waals surface area contributed by atoms with E-state index in [-0.39, 0.29) is 17.4 Å². The first kappa shape index (κ1) is 17.7. The van der Waals surface area contributed by atoms with Crippen LogP contribution in [-0.4, -0.2) is 21.9 Å². The van der Waals surface area contributed by atoms with Gasteiger partial charge in [0, 0.05) is 12.6 Å². The first-order valence-corrected chi connectivity index (χ1v) is 8.60. The highest BCUT2D eigenvalue weighted by atomic mass is 16.5. The van der Waals surface area contributed by atoms with Gasteiger partial charge in [-0.15, -0.1) is 0 Å². The van der Waals surface area contributed by atoms with Gasteiger partial charge in [0.1, 0.15) is 6.10 Å². The van der Waals surface area contributed by atoms with E-state index >= 15 is 0 Å². The number of aryl methyl sites for hydroxylation is 1. The van der Waals surface area contributed by atoms with Gasteiger partial charge in [-0.05, 0) is 49.5 Å². The third kappa shape index (κ3) is 4.66. The Morgan fingerprint density at radius 2 is 1.91 bits per heavy atom. The molecule has 1 heterocycles. The molecule has 0 aliphatic heterocycles. The highest BCUT2D eigenvalue weighted by Gasteiger charge is 2.31. The van der Waals surface area contributed by atoms with Gasteiger partial charge in [0.25, 0.3) is 5.56 Å². The van der Waals surface area contributed by atoms with Crippen LogP contribution in [0.3, 0.4) is 0 Å². The quantitative estimate of drug-likeness (QED) is 0.798. The number of carbonyl (C=O) groups excluding carboxylic acids is 1. The molecule has 1 saturated carbocycles. The standard InChI is InChI=1S/C18H28N2O3/c1-5-12-20-16(21)11-10-15(19-20)17(22)23-14-8-6-13(7-9-14)18(2,3)4/h10-11,13-14H,5-9,12H2,1-4H3. The molecule has 1 fully saturated rings. The lowest BCUT2D eigenvalue weighted by molar-refractivity contribution is 0.00844. The summed E-state index contributed by atoms with van der Waals surface area (Å²) < 4.78 is 6.92. The van der Waals surface area contributed by atoms with Crippen molar-refractivity contribution in [2.75, 3.05) is 0 Å². The summed E-state index contributed by atoms with van der Waals surface area (Å²) in [6.45, 7) is 9.28. The lowest BCUT2D eigenvalue weighted by Gasteiger charge is -2.36. The molecular formula is C18H28N2O3. The fourth-order valence-corrected chi connectivity index (χ4v) is 3.19. The molecule has 1 aromatic heterocycles. The van der Waals surface area contributed by atoms with Crippen molar-refractivity contribution in [3.8, 4) is 0 Å². The van der Waals surface area contributed by atoms with Crippen molar-refractivity contribution in [1.82, 2.24) is 9.78 Å². The van der Waals surface area contributed by atoms with Gasteiger partial charge in [0.05, 0.1) is 0 Å². The summed E-state index contributed by atoms with van der Waals surface area (Å²) in [5, 5.41) is 4.11. The maximum atomic E-state index is 12.3. The van der Waals surface area contributed by atoms with Gasteiger partial charge in [0.2, 0.25) is 0 Å². The molecule has 5 nitrogen and oxygen atoms in total. The Labute approximate surface area is 138 Å². The van der Waals surface area contributed by atoms with Crippen LogP contribution < -0.4 is 5.56 Å². The lowest BCUT2D eigenvalue weighted by Crippen LogP contribution is -2.31. The van der Waals surface area contributed by atoms with E-state index in [1.54, 1.807) is 0 Å². The summed E-state index contributed by atoms with van der Waals surface area (Å²) in [7, 11) is 0. The monoisotopic (exact) mass is 320 g/mol. The molecule has 0 spiro atoms. The molecule has 1 aliphatic rings. The molecule has 0 N–H and O–H groups in total. The SMILES string of the molecule is CCCn1nc(C(=O)OC2CCC(C(C)(C)C)CC2)ccc1=O. The third-order valence-corrected chi connectivity index (χ3v) is 4.68. The first-order valence-electron chi connectivity index (χ1n) is 8.60. The van der Waals surface area contributed by atoms with Crippen molar-refractivity contribution in [3.63, 3.8) is 0 Å². The van der Waals surface area contributed by atoms with Crippen LogP contribution >= 0.6 is 0 Å². The van der Waals surface area contributed by atoms with Gasteiger partial charge in [-0.1, -0.05) is 27.7 Å². The topological polar surface area (TPSA) is 61.2 Å². The second kappa shape index (κ2) is 7.28. The summed E-state index contributed by atoms with van der Waals surface area (Å²) in [6, 6.07) is 2.84. The Hall–Kier alpha value is -1.65. The fraction of sp³-hybridized carbons (Fsp3) is 0.722. The molecule has 0 aromatic carbocycles. The molecule has 0 unspecified atom stereocenters. The molecule has 0 bridgehead atoms. The van der Waals surface area contributed by atoms with Crippen molar-refractivity contribution in [2.45, 2.75) is 72.4 Å². The van der Waals surface area contributed by atoms with Crippen LogP contribution in [0.15, 0.2) is 16.9 Å². The zero-order chi connectivity index (χ0) is 17.0. The van der Waals surface area contributed by atoms with Crippen LogP contribution in [0.5, 0.6) is 0 Å². The molecule has 0 radical (unpaired) electrons. The predicted octanol–water partition coefficient (Wildman–Crippen LogP) is 3.42. The van der Waals surface area contributed by atoms with E-state index in [0.29, 0.717) is 17.9 Å². The zero-order valence-corrected chi connectivity index (χ0v) is 14.7. The minimum atomic E-state index is -0.422. The Kier molecular flexibility index (Phi) is 5.60. The molecule has 5 heteroatoms. The molecular weight excluding hydrogens is 292 g/mol. The van der Waals surface area contributed by atoms with Crippen molar-refractivity contribution >= 4 is 5.97 Å². The van der Waals surface area contributed by atoms with Gasteiger partial charge in [-0.25, -0.2) is 9.48 Å². The highest BCUT2D eigenvalue weighted by molar-refractivity contribution is 5.87. The lowest BCUT2D eigenvalue weighted by atomic mass is 9.72. The van der Waals surface area contributed by atoms with Gasteiger partial charge in [-0.3, -0.25) is 4.79 Å². The van der Waals surface area contributed by atoms with E-state index in [1.807, 2.05) is 6.92 Å². The fourth-order valence-electron chi connectivity index (χ4n) is 3.19. The summed E-state index contributed by atoms with van der Waals surface area (Å²) in [5.74, 6) is 0.260. The Balaban J connectivity index is 1.95. The van der Waals surface area contributed by atoms with Crippen molar-refractivity contribution in [3.05, 3.63) is 28.2 Å². The van der Waals surface area contributed by atoms with Crippen molar-refractivity contribution in [2.24, 2.45) is 11.3 Å². The van der Waals surface area contributed by atoms with E-state index in [4.69, 9.17) is 4.74 Å². The molecule has 128 valence electrons. The van der Waals surface area contributed by atoms with E-state index < -0.39 is 5.97 Å². The van der Waals surface area contributed by atoms with E-state index in [1.165, 1.54) is 16.8 Å². The molecule has 1 aromatic rings. The maximum Gasteiger partial charge on any atom is 0.359 e. The number of carbonyl (C=O) groups is 1. The van der Waals surface area contributed by atoms with E-state index in [2.05, 4.69) is 25.9 Å². The van der Waals surface area contributed by atoms with Crippen LogP contribution in [0.1, 0.15) is 70.3 Å². The van der Waals surface area contributed by atoms with Crippen molar-refractivity contribution in [1.29, 1.82) is 0 Å². The molecule has 2 rings (SSSR count). The van der Waals surface area contributed by atoms with Gasteiger partial charge >= 0.3 is 5.97 Å². The minimum absolute atomic E-state index is 0.0329. The number of ether oxygens (including phenoxy) is 1. The summed E-state index contributed by atoms with van der Waals surface area (Å²) in [6.07, 6.45) is 4.75. The second-order valence-corrected chi connectivity index (χ2v) is 7.52. The third-order valence-electron chi connectivity index (χ3n) is 4.68. The van der Waals surface area contributed by atoms with Crippen molar-refractivity contribution < 1.29 is 9.53 Å². The van der Waals surface area contributed by atoms with Gasteiger partial charge in [0.15, 0.2) is 5.69 Å². The number of hydrogen-bond donors (Lipinski definition) is 0. The maximum absolute atomic E-state index is 12.3. The number of rotatable bonds is 4. The minimum Gasteiger partial charge on any atom is -0.458 e. The Morgan fingerprint density at radius 3 is 2.48 bits per heavy atom. The normalized spacial score (nSPS) is 21.9. The molecule has 1 aliphatic carbocycles. The Bertz CT molecular complexity index is 593. The predicted molar refractivity (Wildman–Crippen MR) is 89.4 cm³/mol. The highest BCUT2D eigenvalue weighted by Crippen LogP contribution is 2.38. The molecule has 23 heavy (non-hydrogen) atoms. The molecule has 0 saturated heterocycles. The summed E-state index contributed by atoms with van der Waals surface area (Å²) in [5.41, 5.74) is 0.344. The molecule has 0 amide bonds. The number of hydrogen-bond acceptors (Lipinski definition) is 4. The average molecular weight is 320 g/mol. The zero-order valence-electron chi connectivity index (χ0n) is 14.7. The first-order chi connectivity index (χ1) is 10.8. The van der Waals surface area contributed by atoms with Crippen LogP contribution in [-0.2, 0) is 11.3 Å². The smallest absolute Gasteiger partial charge is 0.359 e.